The lowest BCUT2D eigenvalue weighted by Crippen LogP contribution is -2.12. The topological polar surface area (TPSA) is 68.9 Å². The minimum atomic E-state index is 0.101. The number of hydrogen-bond donors (Lipinski definition) is 2. The van der Waals surface area contributed by atoms with Crippen LogP contribution in [0.1, 0.15) is 30.0 Å². The minimum absolute atomic E-state index is 0.101. The fourth-order valence-electron chi connectivity index (χ4n) is 2.03. The molecule has 0 saturated heterocycles. The summed E-state index contributed by atoms with van der Waals surface area (Å²) in [5.74, 6) is 0.732. The molecule has 0 aliphatic carbocycles. The van der Waals surface area contributed by atoms with Crippen molar-refractivity contribution in [3.05, 3.63) is 59.8 Å². The zero-order chi connectivity index (χ0) is 14.2. The van der Waals surface area contributed by atoms with Crippen LogP contribution in [0, 0.1) is 11.3 Å². The Balaban J connectivity index is 2.13. The van der Waals surface area contributed by atoms with Crippen molar-refractivity contribution in [1.29, 1.82) is 5.26 Å². The Hall–Kier alpha value is -2.38. The van der Waals surface area contributed by atoms with E-state index in [1.54, 1.807) is 18.3 Å². The van der Waals surface area contributed by atoms with E-state index in [2.05, 4.69) is 28.5 Å². The average molecular weight is 267 g/mol. The van der Waals surface area contributed by atoms with Crippen LogP contribution >= 0.6 is 0 Å². The van der Waals surface area contributed by atoms with E-state index in [-0.39, 0.29) is 12.6 Å². The molecule has 2 N–H and O–H groups in total. The number of aromatic nitrogens is 1. The second-order valence-corrected chi connectivity index (χ2v) is 4.52. The number of hydrogen-bond acceptors (Lipinski definition) is 4. The average Bonchev–Trinajstić information content (AvgIpc) is 2.53. The molecule has 1 unspecified atom stereocenters. The van der Waals surface area contributed by atoms with E-state index in [4.69, 9.17) is 10.4 Å². The van der Waals surface area contributed by atoms with Crippen LogP contribution in [-0.4, -0.2) is 16.7 Å². The van der Waals surface area contributed by atoms with Crippen LogP contribution in [0.2, 0.25) is 0 Å². The number of aliphatic hydroxyl groups excluding tert-OH is 1. The van der Waals surface area contributed by atoms with Crippen molar-refractivity contribution < 1.29 is 5.11 Å². The van der Waals surface area contributed by atoms with Gasteiger partial charge in [0.15, 0.2) is 0 Å². The monoisotopic (exact) mass is 267 g/mol. The highest BCUT2D eigenvalue weighted by atomic mass is 16.2. The molecule has 1 atom stereocenters. The van der Waals surface area contributed by atoms with E-state index in [1.165, 1.54) is 0 Å². The summed E-state index contributed by atoms with van der Waals surface area (Å²) >= 11 is 0. The number of anilines is 1. The van der Waals surface area contributed by atoms with E-state index in [1.807, 2.05) is 18.2 Å². The minimum Gasteiger partial charge on any atom is -0.396 e. The Labute approximate surface area is 118 Å². The van der Waals surface area contributed by atoms with Crippen LogP contribution < -0.4 is 5.32 Å². The van der Waals surface area contributed by atoms with E-state index in [0.29, 0.717) is 5.56 Å². The molecule has 2 aromatic rings. The summed E-state index contributed by atoms with van der Waals surface area (Å²) in [5.41, 5.74) is 1.70. The third kappa shape index (κ3) is 3.81. The van der Waals surface area contributed by atoms with Crippen molar-refractivity contribution >= 4 is 5.82 Å². The predicted octanol–water partition coefficient (Wildman–Crippen LogP) is 2.88. The largest absolute Gasteiger partial charge is 0.396 e. The van der Waals surface area contributed by atoms with Gasteiger partial charge < -0.3 is 10.4 Å². The highest BCUT2D eigenvalue weighted by Crippen LogP contribution is 2.22. The van der Waals surface area contributed by atoms with E-state index in [0.717, 1.165) is 24.2 Å². The molecule has 0 aliphatic rings. The van der Waals surface area contributed by atoms with Gasteiger partial charge in [-0.3, -0.25) is 0 Å². The Morgan fingerprint density at radius 1 is 1.20 bits per heavy atom. The molecule has 0 amide bonds. The summed E-state index contributed by atoms with van der Waals surface area (Å²) < 4.78 is 0. The Morgan fingerprint density at radius 2 is 2.00 bits per heavy atom. The first-order chi connectivity index (χ1) is 9.83. The van der Waals surface area contributed by atoms with E-state index in [9.17, 15) is 0 Å². The van der Waals surface area contributed by atoms with Gasteiger partial charge in [0, 0.05) is 12.8 Å². The maximum absolute atomic E-state index is 9.02. The number of nitrogens with one attached hydrogen (secondary N) is 1. The number of pyridine rings is 1. The first-order valence-corrected chi connectivity index (χ1v) is 6.62. The number of nitrogens with zero attached hydrogens (tertiary/aromatic N) is 2. The van der Waals surface area contributed by atoms with Crippen molar-refractivity contribution in [2.45, 2.75) is 18.9 Å². The first kappa shape index (κ1) is 14.0. The molecule has 0 aliphatic heterocycles. The number of aliphatic hydroxyl groups is 1. The molecule has 4 heteroatoms. The van der Waals surface area contributed by atoms with Gasteiger partial charge in [-0.05, 0) is 30.5 Å². The van der Waals surface area contributed by atoms with Crippen molar-refractivity contribution in [2.24, 2.45) is 0 Å². The fraction of sp³-hybridized carbons (Fsp3) is 0.250. The maximum atomic E-state index is 9.02. The molecule has 0 radical (unpaired) electrons. The fourth-order valence-corrected chi connectivity index (χ4v) is 2.03. The van der Waals surface area contributed by atoms with Crippen molar-refractivity contribution in [3.63, 3.8) is 0 Å². The van der Waals surface area contributed by atoms with Gasteiger partial charge in [-0.15, -0.1) is 0 Å². The van der Waals surface area contributed by atoms with Gasteiger partial charge in [0.1, 0.15) is 11.9 Å². The lowest BCUT2D eigenvalue weighted by molar-refractivity contribution is 0.281. The highest BCUT2D eigenvalue weighted by Gasteiger charge is 2.11. The van der Waals surface area contributed by atoms with Gasteiger partial charge in [-0.2, -0.15) is 5.26 Å². The molecule has 102 valence electrons. The van der Waals surface area contributed by atoms with Crippen molar-refractivity contribution in [2.75, 3.05) is 11.9 Å². The van der Waals surface area contributed by atoms with Gasteiger partial charge in [0.2, 0.25) is 0 Å². The standard InChI is InChI=1S/C16H17N3O/c17-11-13-8-9-16(18-12-13)19-15(7-4-10-20)14-5-2-1-3-6-14/h1-3,5-6,8-9,12,15,20H,4,7,10H2,(H,18,19). The van der Waals surface area contributed by atoms with Crippen LogP contribution in [0.15, 0.2) is 48.7 Å². The highest BCUT2D eigenvalue weighted by molar-refractivity contribution is 5.41. The number of rotatable bonds is 6. The number of benzene rings is 1. The third-order valence-electron chi connectivity index (χ3n) is 3.07. The Bertz CT molecular complexity index is 561. The second-order valence-electron chi connectivity index (χ2n) is 4.52. The quantitative estimate of drug-likeness (QED) is 0.844. The van der Waals surface area contributed by atoms with Crippen LogP contribution in [-0.2, 0) is 0 Å². The molecule has 0 bridgehead atoms. The van der Waals surface area contributed by atoms with Crippen molar-refractivity contribution in [1.82, 2.24) is 4.98 Å². The Kier molecular flexibility index (Phi) is 5.10. The number of nitriles is 1. The zero-order valence-electron chi connectivity index (χ0n) is 11.2. The predicted molar refractivity (Wildman–Crippen MR) is 78.1 cm³/mol. The Morgan fingerprint density at radius 3 is 2.60 bits per heavy atom. The molecule has 1 aromatic carbocycles. The van der Waals surface area contributed by atoms with Gasteiger partial charge in [0.05, 0.1) is 11.6 Å². The van der Waals surface area contributed by atoms with Gasteiger partial charge >= 0.3 is 0 Å². The summed E-state index contributed by atoms with van der Waals surface area (Å²) in [6.07, 6.45) is 3.10. The second kappa shape index (κ2) is 7.27. The molecule has 2 rings (SSSR count). The summed E-state index contributed by atoms with van der Waals surface area (Å²) in [6.45, 7) is 0.172. The van der Waals surface area contributed by atoms with Crippen molar-refractivity contribution in [3.8, 4) is 6.07 Å². The zero-order valence-corrected chi connectivity index (χ0v) is 11.2. The van der Waals surface area contributed by atoms with Crippen LogP contribution in [0.4, 0.5) is 5.82 Å². The molecule has 4 nitrogen and oxygen atoms in total. The molecule has 20 heavy (non-hydrogen) atoms. The van der Waals surface area contributed by atoms with Gasteiger partial charge in [-0.25, -0.2) is 4.98 Å². The summed E-state index contributed by atoms with van der Waals surface area (Å²) in [5, 5.41) is 21.1. The summed E-state index contributed by atoms with van der Waals surface area (Å²) in [7, 11) is 0. The smallest absolute Gasteiger partial charge is 0.126 e. The molecule has 0 spiro atoms. The molecule has 0 saturated carbocycles. The summed E-state index contributed by atoms with van der Waals surface area (Å²) in [4.78, 5) is 4.23. The molecule has 1 aromatic heterocycles. The molecular formula is C16H17N3O. The van der Waals surface area contributed by atoms with Gasteiger partial charge in [-0.1, -0.05) is 30.3 Å². The van der Waals surface area contributed by atoms with Crippen LogP contribution in [0.5, 0.6) is 0 Å². The molecular weight excluding hydrogens is 250 g/mol. The van der Waals surface area contributed by atoms with E-state index >= 15 is 0 Å². The lowest BCUT2D eigenvalue weighted by Gasteiger charge is -2.19. The van der Waals surface area contributed by atoms with Crippen LogP contribution in [0.3, 0.4) is 0 Å². The maximum Gasteiger partial charge on any atom is 0.126 e. The SMILES string of the molecule is N#Cc1ccc(NC(CCCO)c2ccccc2)nc1. The molecule has 1 heterocycles. The van der Waals surface area contributed by atoms with Gasteiger partial charge in [0.25, 0.3) is 0 Å². The lowest BCUT2D eigenvalue weighted by atomic mass is 10.0. The van der Waals surface area contributed by atoms with Crippen LogP contribution in [0.25, 0.3) is 0 Å². The summed E-state index contributed by atoms with van der Waals surface area (Å²) in [6, 6.07) is 15.8. The van der Waals surface area contributed by atoms with E-state index < -0.39 is 0 Å². The molecule has 0 fully saturated rings. The third-order valence-corrected chi connectivity index (χ3v) is 3.07. The first-order valence-electron chi connectivity index (χ1n) is 6.62. The normalized spacial score (nSPS) is 11.6.